The smallest absolute Gasteiger partial charge is 0.203 e. The third-order valence-corrected chi connectivity index (χ3v) is 8.86. The molecular weight excluding hydrogens is 504 g/mol. The summed E-state index contributed by atoms with van der Waals surface area (Å²) >= 11 is 1.48. The van der Waals surface area contributed by atoms with E-state index in [-0.39, 0.29) is 28.6 Å². The lowest BCUT2D eigenvalue weighted by atomic mass is 10.0. The third kappa shape index (κ3) is 5.50. The summed E-state index contributed by atoms with van der Waals surface area (Å²) in [6, 6.07) is 5.49. The lowest BCUT2D eigenvalue weighted by molar-refractivity contribution is 0.0419. The molecule has 2 aromatic carbocycles. The van der Waals surface area contributed by atoms with Crippen LogP contribution in [0.4, 0.5) is 0 Å². The molecule has 2 atom stereocenters. The highest BCUT2D eigenvalue weighted by Gasteiger charge is 2.35. The van der Waals surface area contributed by atoms with Crippen LogP contribution in [0.1, 0.15) is 56.4 Å². The van der Waals surface area contributed by atoms with Crippen LogP contribution >= 0.6 is 11.8 Å². The number of sulfone groups is 1. The van der Waals surface area contributed by atoms with Crippen LogP contribution in [0.15, 0.2) is 28.0 Å². The number of methoxy groups -OCH3 is 4. The van der Waals surface area contributed by atoms with E-state index in [1.54, 1.807) is 27.4 Å². The first kappa shape index (κ1) is 28.3. The molecule has 0 aliphatic carbocycles. The Bertz CT molecular complexity index is 1140. The molecule has 0 saturated carbocycles. The molecule has 0 N–H and O–H groups in total. The highest BCUT2D eigenvalue weighted by molar-refractivity contribution is 7.98. The summed E-state index contributed by atoms with van der Waals surface area (Å²) in [5, 5.41) is 0. The minimum atomic E-state index is -3.58. The van der Waals surface area contributed by atoms with Gasteiger partial charge in [0.25, 0.3) is 0 Å². The lowest BCUT2D eigenvalue weighted by Gasteiger charge is -2.23. The second kappa shape index (κ2) is 12.3. The van der Waals surface area contributed by atoms with E-state index < -0.39 is 9.84 Å². The normalized spacial score (nSPS) is 17.6. The van der Waals surface area contributed by atoms with Crippen molar-refractivity contribution in [3.05, 3.63) is 29.3 Å². The average Bonchev–Trinajstić information content (AvgIpc) is 3.37. The van der Waals surface area contributed by atoms with E-state index in [0.717, 1.165) is 22.4 Å². The Labute approximate surface area is 218 Å². The summed E-state index contributed by atoms with van der Waals surface area (Å²) < 4.78 is 61.0. The maximum atomic E-state index is 13.2. The fraction of sp³-hybridized carbons (Fsp3) is 0.538. The van der Waals surface area contributed by atoms with Crippen LogP contribution in [0.2, 0.25) is 0 Å². The van der Waals surface area contributed by atoms with Crippen molar-refractivity contribution in [1.82, 2.24) is 0 Å². The number of thioether (sulfide) groups is 1. The second-order valence-corrected chi connectivity index (χ2v) is 11.2. The van der Waals surface area contributed by atoms with Gasteiger partial charge in [0.1, 0.15) is 4.90 Å². The second-order valence-electron chi connectivity index (χ2n) is 8.26. The standard InChI is InChI=1S/C26H36O8S2/c1-8-12-36(27,28)22-15-17(26(35-7)25(32-6)24(22)33-9-2)19-11-10-18(34-19)16-13-20(29-3)23(31-5)21(14-16)30-4/h13-15,18-19H,8-12H2,1-7H3/t18-,19-/m0/s1. The fourth-order valence-electron chi connectivity index (χ4n) is 4.54. The Balaban J connectivity index is 2.08. The maximum absolute atomic E-state index is 13.2. The molecule has 36 heavy (non-hydrogen) atoms. The third-order valence-electron chi connectivity index (χ3n) is 6.12. The van der Waals surface area contributed by atoms with Crippen molar-refractivity contribution in [3.63, 3.8) is 0 Å². The quantitative estimate of drug-likeness (QED) is 0.318. The molecule has 0 spiro atoms. The average molecular weight is 541 g/mol. The molecule has 0 radical (unpaired) electrons. The van der Waals surface area contributed by atoms with Crippen LogP contribution in [0.5, 0.6) is 28.7 Å². The summed E-state index contributed by atoms with van der Waals surface area (Å²) in [5.41, 5.74) is 1.68. The maximum Gasteiger partial charge on any atom is 0.203 e. The zero-order valence-corrected chi connectivity index (χ0v) is 23.6. The molecule has 1 aliphatic rings. The summed E-state index contributed by atoms with van der Waals surface area (Å²) in [7, 11) is 2.67. The molecule has 8 nitrogen and oxygen atoms in total. The Morgan fingerprint density at radius 2 is 1.50 bits per heavy atom. The van der Waals surface area contributed by atoms with Gasteiger partial charge in [-0.1, -0.05) is 6.92 Å². The summed E-state index contributed by atoms with van der Waals surface area (Å²) in [6.45, 7) is 3.99. The Kier molecular flexibility index (Phi) is 9.66. The molecule has 0 bridgehead atoms. The van der Waals surface area contributed by atoms with E-state index >= 15 is 0 Å². The molecule has 1 aliphatic heterocycles. The summed E-state index contributed by atoms with van der Waals surface area (Å²) in [6.07, 6.45) is 3.33. The van der Waals surface area contributed by atoms with Crippen LogP contribution < -0.4 is 23.7 Å². The van der Waals surface area contributed by atoms with Crippen molar-refractivity contribution >= 4 is 21.6 Å². The predicted octanol–water partition coefficient (Wildman–Crippen LogP) is 5.62. The molecule has 1 saturated heterocycles. The first-order valence-corrected chi connectivity index (χ1v) is 14.8. The SMILES string of the molecule is CCCS(=O)(=O)c1cc([C@@H]2CC[C@@H](c3cc(OC)c(OC)c(OC)c3)O2)c(SC)c(OC)c1OCC. The molecule has 3 rings (SSSR count). The van der Waals surface area contributed by atoms with Gasteiger partial charge in [-0.05, 0) is 61.8 Å². The first-order valence-electron chi connectivity index (χ1n) is 11.9. The predicted molar refractivity (Wildman–Crippen MR) is 140 cm³/mol. The number of hydrogen-bond acceptors (Lipinski definition) is 9. The van der Waals surface area contributed by atoms with Crippen LogP contribution in [0, 0.1) is 0 Å². The highest BCUT2D eigenvalue weighted by atomic mass is 32.2. The van der Waals surface area contributed by atoms with Gasteiger partial charge < -0.3 is 28.4 Å². The number of ether oxygens (including phenoxy) is 6. The van der Waals surface area contributed by atoms with E-state index in [4.69, 9.17) is 28.4 Å². The van der Waals surface area contributed by atoms with Crippen LogP contribution in [-0.4, -0.2) is 55.5 Å². The molecule has 0 unspecified atom stereocenters. The van der Waals surface area contributed by atoms with Gasteiger partial charge in [-0.3, -0.25) is 0 Å². The van der Waals surface area contributed by atoms with Crippen molar-refractivity contribution in [3.8, 4) is 28.7 Å². The molecule has 200 valence electrons. The fourth-order valence-corrected chi connectivity index (χ4v) is 6.83. The van der Waals surface area contributed by atoms with Gasteiger partial charge in [0.05, 0.1) is 57.9 Å². The van der Waals surface area contributed by atoms with Crippen molar-refractivity contribution in [1.29, 1.82) is 0 Å². The molecule has 1 fully saturated rings. The molecule has 2 aromatic rings. The van der Waals surface area contributed by atoms with Crippen LogP contribution in [-0.2, 0) is 14.6 Å². The van der Waals surface area contributed by atoms with Gasteiger partial charge in [0, 0.05) is 0 Å². The minimum absolute atomic E-state index is 0.0217. The topological polar surface area (TPSA) is 89.5 Å². The monoisotopic (exact) mass is 540 g/mol. The molecule has 1 heterocycles. The molecular formula is C26H36O8S2. The van der Waals surface area contributed by atoms with Crippen LogP contribution in [0.25, 0.3) is 0 Å². The van der Waals surface area contributed by atoms with Gasteiger partial charge in [-0.15, -0.1) is 11.8 Å². The molecule has 0 amide bonds. The van der Waals surface area contributed by atoms with Gasteiger partial charge in [-0.25, -0.2) is 8.42 Å². The van der Waals surface area contributed by atoms with E-state index in [1.165, 1.54) is 18.9 Å². The number of benzene rings is 2. The van der Waals surface area contributed by atoms with Crippen molar-refractivity contribution < 1.29 is 36.8 Å². The Morgan fingerprint density at radius 3 is 2.00 bits per heavy atom. The van der Waals surface area contributed by atoms with E-state index in [0.29, 0.717) is 42.4 Å². The van der Waals surface area contributed by atoms with Gasteiger partial charge in [0.15, 0.2) is 32.8 Å². The number of hydrogen-bond donors (Lipinski definition) is 0. The van der Waals surface area contributed by atoms with Crippen molar-refractivity contribution in [2.24, 2.45) is 0 Å². The Hall–Kier alpha value is -2.30. The zero-order chi connectivity index (χ0) is 26.5. The number of rotatable bonds is 12. The highest BCUT2D eigenvalue weighted by Crippen LogP contribution is 2.51. The first-order chi connectivity index (χ1) is 17.3. The van der Waals surface area contributed by atoms with E-state index in [1.807, 2.05) is 32.2 Å². The summed E-state index contributed by atoms with van der Waals surface area (Å²) in [5.74, 6) is 2.34. The van der Waals surface area contributed by atoms with E-state index in [2.05, 4.69) is 0 Å². The summed E-state index contributed by atoms with van der Waals surface area (Å²) in [4.78, 5) is 0.961. The Morgan fingerprint density at radius 1 is 0.889 bits per heavy atom. The lowest BCUT2D eigenvalue weighted by Crippen LogP contribution is -2.13. The molecule has 0 aromatic heterocycles. The zero-order valence-electron chi connectivity index (χ0n) is 22.0. The minimum Gasteiger partial charge on any atom is -0.493 e. The van der Waals surface area contributed by atoms with E-state index in [9.17, 15) is 8.42 Å². The van der Waals surface area contributed by atoms with Gasteiger partial charge in [-0.2, -0.15) is 0 Å². The van der Waals surface area contributed by atoms with Gasteiger partial charge in [0.2, 0.25) is 5.75 Å². The van der Waals surface area contributed by atoms with Crippen molar-refractivity contribution in [2.75, 3.05) is 47.1 Å². The van der Waals surface area contributed by atoms with Crippen LogP contribution in [0.3, 0.4) is 0 Å². The molecule has 10 heteroatoms. The van der Waals surface area contributed by atoms with Crippen molar-refractivity contribution in [2.45, 2.75) is 55.1 Å². The largest absolute Gasteiger partial charge is 0.493 e. The van der Waals surface area contributed by atoms with Gasteiger partial charge >= 0.3 is 0 Å².